The molecular weight excluding hydrogens is 302 g/mol. The van der Waals surface area contributed by atoms with Crippen LogP contribution in [0, 0.1) is 0 Å². The maximum Gasteiger partial charge on any atom is 0.307 e. The average molecular weight is 325 g/mol. The SMILES string of the molecule is CC(c1ccc(-c2ccccc2CC(=O)O)cc1)N1CCOCC1. The summed E-state index contributed by atoms with van der Waals surface area (Å²) in [6.45, 7) is 5.74. The molecule has 0 bridgehead atoms. The first-order chi connectivity index (χ1) is 11.6. The second kappa shape index (κ2) is 7.60. The molecule has 0 amide bonds. The monoisotopic (exact) mass is 325 g/mol. The van der Waals surface area contributed by atoms with Gasteiger partial charge in [0.2, 0.25) is 0 Å². The van der Waals surface area contributed by atoms with E-state index in [0.717, 1.165) is 43.0 Å². The molecule has 0 aliphatic carbocycles. The van der Waals surface area contributed by atoms with Crippen molar-refractivity contribution in [2.45, 2.75) is 19.4 Å². The van der Waals surface area contributed by atoms with Gasteiger partial charge in [0, 0.05) is 19.1 Å². The number of carboxylic acids is 1. The highest BCUT2D eigenvalue weighted by Crippen LogP contribution is 2.27. The number of nitrogens with zero attached hydrogens (tertiary/aromatic N) is 1. The van der Waals surface area contributed by atoms with Crippen molar-refractivity contribution >= 4 is 5.97 Å². The van der Waals surface area contributed by atoms with E-state index in [2.05, 4.69) is 36.1 Å². The molecule has 0 aromatic heterocycles. The van der Waals surface area contributed by atoms with E-state index >= 15 is 0 Å². The van der Waals surface area contributed by atoms with Gasteiger partial charge >= 0.3 is 5.97 Å². The van der Waals surface area contributed by atoms with E-state index in [1.807, 2.05) is 24.3 Å². The summed E-state index contributed by atoms with van der Waals surface area (Å²) in [6.07, 6.45) is 0.0438. The van der Waals surface area contributed by atoms with Gasteiger partial charge in [0.25, 0.3) is 0 Å². The van der Waals surface area contributed by atoms with E-state index < -0.39 is 5.97 Å². The first-order valence-electron chi connectivity index (χ1n) is 8.37. The number of carboxylic acid groups (broad SMARTS) is 1. The van der Waals surface area contributed by atoms with Gasteiger partial charge in [-0.2, -0.15) is 0 Å². The quantitative estimate of drug-likeness (QED) is 0.916. The molecule has 1 aliphatic rings. The molecule has 1 aliphatic heterocycles. The number of hydrogen-bond acceptors (Lipinski definition) is 3. The third kappa shape index (κ3) is 3.83. The fourth-order valence-corrected chi connectivity index (χ4v) is 3.24. The highest BCUT2D eigenvalue weighted by Gasteiger charge is 2.18. The van der Waals surface area contributed by atoms with Gasteiger partial charge in [-0.25, -0.2) is 0 Å². The van der Waals surface area contributed by atoms with Crippen LogP contribution < -0.4 is 0 Å². The summed E-state index contributed by atoms with van der Waals surface area (Å²) in [5, 5.41) is 9.08. The number of morpholine rings is 1. The summed E-state index contributed by atoms with van der Waals surface area (Å²) in [5.41, 5.74) is 4.17. The molecule has 4 nitrogen and oxygen atoms in total. The fraction of sp³-hybridized carbons (Fsp3) is 0.350. The Morgan fingerprint density at radius 2 is 1.79 bits per heavy atom. The fourth-order valence-electron chi connectivity index (χ4n) is 3.24. The van der Waals surface area contributed by atoms with Gasteiger partial charge in [0.15, 0.2) is 0 Å². The Labute approximate surface area is 142 Å². The van der Waals surface area contributed by atoms with Crippen LogP contribution >= 0.6 is 0 Å². The van der Waals surface area contributed by atoms with E-state index in [4.69, 9.17) is 9.84 Å². The Hall–Kier alpha value is -2.17. The third-order valence-electron chi connectivity index (χ3n) is 4.66. The molecule has 0 saturated carbocycles. The maximum atomic E-state index is 11.1. The molecule has 1 atom stereocenters. The van der Waals surface area contributed by atoms with E-state index in [9.17, 15) is 4.79 Å². The maximum absolute atomic E-state index is 11.1. The van der Waals surface area contributed by atoms with Crippen molar-refractivity contribution in [3.05, 3.63) is 59.7 Å². The number of aliphatic carboxylic acids is 1. The van der Waals surface area contributed by atoms with Crippen LogP contribution in [-0.4, -0.2) is 42.3 Å². The second-order valence-electron chi connectivity index (χ2n) is 6.17. The Morgan fingerprint density at radius 3 is 2.46 bits per heavy atom. The molecule has 1 N–H and O–H groups in total. The predicted molar refractivity (Wildman–Crippen MR) is 94.0 cm³/mol. The number of ether oxygens (including phenoxy) is 1. The normalized spacial score (nSPS) is 16.7. The molecule has 3 rings (SSSR count). The van der Waals surface area contributed by atoms with Gasteiger partial charge in [0.1, 0.15) is 0 Å². The Balaban J connectivity index is 1.81. The van der Waals surface area contributed by atoms with E-state index in [-0.39, 0.29) is 6.42 Å². The Bertz CT molecular complexity index is 690. The molecule has 0 spiro atoms. The lowest BCUT2D eigenvalue weighted by Gasteiger charge is -2.32. The molecular formula is C20H23NO3. The van der Waals surface area contributed by atoms with Crippen molar-refractivity contribution in [2.75, 3.05) is 26.3 Å². The highest BCUT2D eigenvalue weighted by atomic mass is 16.5. The van der Waals surface area contributed by atoms with Crippen LogP contribution in [0.3, 0.4) is 0 Å². The number of benzene rings is 2. The summed E-state index contributed by atoms with van der Waals surface area (Å²) >= 11 is 0. The standard InChI is InChI=1S/C20H23NO3/c1-15(21-10-12-24-13-11-21)16-6-8-17(9-7-16)19-5-3-2-4-18(19)14-20(22)23/h2-9,15H,10-14H2,1H3,(H,22,23). The first kappa shape index (κ1) is 16.7. The van der Waals surface area contributed by atoms with Crippen molar-refractivity contribution in [1.29, 1.82) is 0 Å². The average Bonchev–Trinajstić information content (AvgIpc) is 2.62. The van der Waals surface area contributed by atoms with Gasteiger partial charge in [0.05, 0.1) is 19.6 Å². The number of carbonyl (C=O) groups is 1. The van der Waals surface area contributed by atoms with Crippen LogP contribution in [0.2, 0.25) is 0 Å². The third-order valence-corrected chi connectivity index (χ3v) is 4.66. The summed E-state index contributed by atoms with van der Waals surface area (Å²) in [5.74, 6) is -0.806. The molecule has 2 aromatic rings. The minimum atomic E-state index is -0.806. The van der Waals surface area contributed by atoms with Gasteiger partial charge in [-0.05, 0) is 29.2 Å². The van der Waals surface area contributed by atoms with Gasteiger partial charge in [-0.3, -0.25) is 9.69 Å². The smallest absolute Gasteiger partial charge is 0.307 e. The van der Waals surface area contributed by atoms with Crippen molar-refractivity contribution in [3.8, 4) is 11.1 Å². The molecule has 1 unspecified atom stereocenters. The van der Waals surface area contributed by atoms with Gasteiger partial charge in [-0.1, -0.05) is 48.5 Å². The zero-order valence-corrected chi connectivity index (χ0v) is 13.9. The minimum Gasteiger partial charge on any atom is -0.481 e. The van der Waals surface area contributed by atoms with Crippen LogP contribution in [0.15, 0.2) is 48.5 Å². The first-order valence-corrected chi connectivity index (χ1v) is 8.37. The van der Waals surface area contributed by atoms with Crippen molar-refractivity contribution < 1.29 is 14.6 Å². The van der Waals surface area contributed by atoms with Crippen LogP contribution in [0.1, 0.15) is 24.1 Å². The van der Waals surface area contributed by atoms with Crippen LogP contribution in [0.4, 0.5) is 0 Å². The highest BCUT2D eigenvalue weighted by molar-refractivity contribution is 5.76. The van der Waals surface area contributed by atoms with Crippen molar-refractivity contribution in [1.82, 2.24) is 4.90 Å². The molecule has 126 valence electrons. The van der Waals surface area contributed by atoms with Crippen LogP contribution in [0.5, 0.6) is 0 Å². The molecule has 0 radical (unpaired) electrons. The van der Waals surface area contributed by atoms with E-state index in [1.165, 1.54) is 5.56 Å². The molecule has 1 fully saturated rings. The summed E-state index contributed by atoms with van der Waals surface area (Å²) in [6, 6.07) is 16.5. The number of hydrogen-bond donors (Lipinski definition) is 1. The summed E-state index contributed by atoms with van der Waals surface area (Å²) < 4.78 is 5.42. The van der Waals surface area contributed by atoms with E-state index in [0.29, 0.717) is 6.04 Å². The topological polar surface area (TPSA) is 49.8 Å². The summed E-state index contributed by atoms with van der Waals surface area (Å²) in [4.78, 5) is 13.5. The largest absolute Gasteiger partial charge is 0.481 e. The van der Waals surface area contributed by atoms with Gasteiger partial charge < -0.3 is 9.84 Å². The zero-order valence-electron chi connectivity index (χ0n) is 13.9. The lowest BCUT2D eigenvalue weighted by molar-refractivity contribution is -0.136. The Morgan fingerprint density at radius 1 is 1.12 bits per heavy atom. The lowest BCUT2D eigenvalue weighted by Crippen LogP contribution is -2.37. The van der Waals surface area contributed by atoms with Gasteiger partial charge in [-0.15, -0.1) is 0 Å². The molecule has 4 heteroatoms. The second-order valence-corrected chi connectivity index (χ2v) is 6.17. The molecule has 24 heavy (non-hydrogen) atoms. The van der Waals surface area contributed by atoms with Crippen LogP contribution in [-0.2, 0) is 16.0 Å². The van der Waals surface area contributed by atoms with Crippen LogP contribution in [0.25, 0.3) is 11.1 Å². The lowest BCUT2D eigenvalue weighted by atomic mass is 9.95. The predicted octanol–water partition coefficient (Wildman–Crippen LogP) is 3.37. The van der Waals surface area contributed by atoms with Crippen molar-refractivity contribution in [3.63, 3.8) is 0 Å². The van der Waals surface area contributed by atoms with Crippen molar-refractivity contribution in [2.24, 2.45) is 0 Å². The summed E-state index contributed by atoms with van der Waals surface area (Å²) in [7, 11) is 0. The molecule has 1 heterocycles. The Kier molecular flexibility index (Phi) is 5.28. The van der Waals surface area contributed by atoms with E-state index in [1.54, 1.807) is 0 Å². The minimum absolute atomic E-state index is 0.0438. The molecule has 2 aromatic carbocycles. The number of rotatable bonds is 5. The molecule has 1 saturated heterocycles. The zero-order chi connectivity index (χ0) is 16.9.